The Morgan fingerprint density at radius 1 is 1.61 bits per heavy atom. The summed E-state index contributed by atoms with van der Waals surface area (Å²) in [5.74, 6) is -0.455. The van der Waals surface area contributed by atoms with Crippen molar-refractivity contribution in [3.8, 4) is 0 Å². The molecule has 6 nitrogen and oxygen atoms in total. The van der Waals surface area contributed by atoms with Gasteiger partial charge in [0.25, 0.3) is 5.69 Å². The molecule has 18 heavy (non-hydrogen) atoms. The zero-order chi connectivity index (χ0) is 13.0. The lowest BCUT2D eigenvalue weighted by Crippen LogP contribution is -2.16. The first-order valence-electron chi connectivity index (χ1n) is 4.72. The number of nitrogens with two attached hydrogens (primary N) is 1. The number of esters is 1. The van der Waals surface area contributed by atoms with Crippen molar-refractivity contribution < 1.29 is 14.5 Å². The molecule has 0 radical (unpaired) electrons. The van der Waals surface area contributed by atoms with Gasteiger partial charge in [-0.15, -0.1) is 12.4 Å². The highest BCUT2D eigenvalue weighted by atomic mass is 79.9. The van der Waals surface area contributed by atoms with Crippen molar-refractivity contribution in [1.82, 2.24) is 0 Å². The van der Waals surface area contributed by atoms with E-state index < -0.39 is 16.9 Å². The van der Waals surface area contributed by atoms with Gasteiger partial charge in [-0.25, -0.2) is 0 Å². The zero-order valence-corrected chi connectivity index (χ0v) is 11.9. The standard InChI is InChI=1S/C10H11BrN2O4.ClH/c1-17-10(14)5-8(12)6-2-3-7(11)9(4-6)13(15)16;/h2-4,8H,5,12H2,1H3;1H/t8-;/m1./s1. The maximum Gasteiger partial charge on any atom is 0.307 e. The van der Waals surface area contributed by atoms with Crippen molar-refractivity contribution in [2.45, 2.75) is 12.5 Å². The van der Waals surface area contributed by atoms with Crippen molar-refractivity contribution >= 4 is 40.0 Å². The predicted octanol–water partition coefficient (Wildman–Crippen LogP) is 2.34. The highest BCUT2D eigenvalue weighted by Gasteiger charge is 2.17. The number of rotatable bonds is 4. The Bertz CT molecular complexity index is 456. The number of halogens is 2. The molecule has 0 amide bonds. The summed E-state index contributed by atoms with van der Waals surface area (Å²) in [4.78, 5) is 21.2. The second kappa shape index (κ2) is 7.30. The van der Waals surface area contributed by atoms with Crippen molar-refractivity contribution in [2.75, 3.05) is 7.11 Å². The molecule has 100 valence electrons. The Balaban J connectivity index is 0.00000289. The van der Waals surface area contributed by atoms with Crippen LogP contribution >= 0.6 is 28.3 Å². The number of hydrogen-bond acceptors (Lipinski definition) is 5. The molecule has 1 aromatic carbocycles. The summed E-state index contributed by atoms with van der Waals surface area (Å²) in [5, 5.41) is 10.7. The lowest BCUT2D eigenvalue weighted by molar-refractivity contribution is -0.385. The van der Waals surface area contributed by atoms with Gasteiger partial charge < -0.3 is 10.5 Å². The van der Waals surface area contributed by atoms with E-state index in [-0.39, 0.29) is 24.5 Å². The Morgan fingerprint density at radius 2 is 2.22 bits per heavy atom. The van der Waals surface area contributed by atoms with Gasteiger partial charge in [-0.05, 0) is 27.6 Å². The lowest BCUT2D eigenvalue weighted by Gasteiger charge is -2.10. The maximum absolute atomic E-state index is 11.0. The van der Waals surface area contributed by atoms with E-state index in [1.807, 2.05) is 0 Å². The van der Waals surface area contributed by atoms with Crippen LogP contribution in [0.5, 0.6) is 0 Å². The summed E-state index contributed by atoms with van der Waals surface area (Å²) >= 11 is 3.07. The molecular weight excluding hydrogens is 327 g/mol. The summed E-state index contributed by atoms with van der Waals surface area (Å²) in [6.45, 7) is 0. The number of nitro groups is 1. The number of hydrogen-bond donors (Lipinski definition) is 1. The smallest absolute Gasteiger partial charge is 0.307 e. The summed E-state index contributed by atoms with van der Waals surface area (Å²) < 4.78 is 4.85. The van der Waals surface area contributed by atoms with Gasteiger partial charge in [0.1, 0.15) is 0 Å². The molecule has 0 unspecified atom stereocenters. The number of nitro benzene ring substituents is 1. The van der Waals surface area contributed by atoms with Crippen LogP contribution in [0.15, 0.2) is 22.7 Å². The molecule has 0 fully saturated rings. The molecule has 0 bridgehead atoms. The van der Waals surface area contributed by atoms with Gasteiger partial charge in [-0.2, -0.15) is 0 Å². The summed E-state index contributed by atoms with van der Waals surface area (Å²) in [7, 11) is 1.26. The van der Waals surface area contributed by atoms with Gasteiger partial charge in [-0.1, -0.05) is 6.07 Å². The number of ether oxygens (including phenoxy) is 1. The fraction of sp³-hybridized carbons (Fsp3) is 0.300. The third-order valence-corrected chi connectivity index (χ3v) is 2.88. The molecule has 1 rings (SSSR count). The second-order valence-corrected chi connectivity index (χ2v) is 4.21. The van der Waals surface area contributed by atoms with Crippen LogP contribution < -0.4 is 5.73 Å². The molecular formula is C10H12BrClN2O4. The Labute approximate surface area is 118 Å². The van der Waals surface area contributed by atoms with Crippen molar-refractivity contribution in [3.05, 3.63) is 38.3 Å². The zero-order valence-electron chi connectivity index (χ0n) is 9.46. The second-order valence-electron chi connectivity index (χ2n) is 3.35. The lowest BCUT2D eigenvalue weighted by atomic mass is 10.0. The van der Waals surface area contributed by atoms with Crippen molar-refractivity contribution in [2.24, 2.45) is 5.73 Å². The van der Waals surface area contributed by atoms with Crippen LogP contribution in [0.2, 0.25) is 0 Å². The number of benzene rings is 1. The number of carbonyl (C=O) groups excluding carboxylic acids is 1. The maximum atomic E-state index is 11.0. The highest BCUT2D eigenvalue weighted by molar-refractivity contribution is 9.10. The van der Waals surface area contributed by atoms with E-state index in [2.05, 4.69) is 20.7 Å². The van der Waals surface area contributed by atoms with E-state index in [9.17, 15) is 14.9 Å². The van der Waals surface area contributed by atoms with Crippen LogP contribution in [0.1, 0.15) is 18.0 Å². The monoisotopic (exact) mass is 338 g/mol. The molecule has 0 aliphatic carbocycles. The molecule has 0 aromatic heterocycles. The average molecular weight is 340 g/mol. The Kier molecular flexibility index (Phi) is 6.82. The van der Waals surface area contributed by atoms with Crippen LogP contribution in [-0.2, 0) is 9.53 Å². The van der Waals surface area contributed by atoms with Crippen LogP contribution in [0.4, 0.5) is 5.69 Å². The molecule has 0 saturated heterocycles. The quantitative estimate of drug-likeness (QED) is 0.516. The fourth-order valence-corrected chi connectivity index (χ4v) is 1.67. The fourth-order valence-electron chi connectivity index (χ4n) is 1.28. The van der Waals surface area contributed by atoms with Crippen LogP contribution in [0, 0.1) is 10.1 Å². The molecule has 0 heterocycles. The minimum Gasteiger partial charge on any atom is -0.469 e. The molecule has 0 aliphatic rings. The van der Waals surface area contributed by atoms with Gasteiger partial charge in [-0.3, -0.25) is 14.9 Å². The van der Waals surface area contributed by atoms with E-state index in [0.717, 1.165) is 0 Å². The number of nitrogens with zero attached hydrogens (tertiary/aromatic N) is 1. The predicted molar refractivity (Wildman–Crippen MR) is 71.6 cm³/mol. The SMILES string of the molecule is COC(=O)C[C@@H](N)c1ccc(Br)c([N+](=O)[O-])c1.Cl. The third-order valence-electron chi connectivity index (χ3n) is 2.21. The van der Waals surface area contributed by atoms with Crippen LogP contribution in [0.25, 0.3) is 0 Å². The first-order chi connectivity index (χ1) is 7.95. The largest absolute Gasteiger partial charge is 0.469 e. The molecule has 1 aromatic rings. The first-order valence-corrected chi connectivity index (χ1v) is 5.51. The first kappa shape index (κ1) is 16.8. The highest BCUT2D eigenvalue weighted by Crippen LogP contribution is 2.28. The average Bonchev–Trinajstić information content (AvgIpc) is 2.28. The minimum atomic E-state index is -0.616. The van der Waals surface area contributed by atoms with Gasteiger partial charge in [0.15, 0.2) is 0 Å². The van der Waals surface area contributed by atoms with Crippen molar-refractivity contribution in [3.63, 3.8) is 0 Å². The molecule has 0 aliphatic heterocycles. The van der Waals surface area contributed by atoms with Gasteiger partial charge in [0, 0.05) is 12.1 Å². The Hall–Kier alpha value is -1.18. The van der Waals surface area contributed by atoms with E-state index in [4.69, 9.17) is 5.73 Å². The number of carbonyl (C=O) groups is 1. The summed E-state index contributed by atoms with van der Waals surface area (Å²) in [6, 6.07) is 3.89. The van der Waals surface area contributed by atoms with E-state index in [1.54, 1.807) is 6.07 Å². The van der Waals surface area contributed by atoms with Gasteiger partial charge >= 0.3 is 5.97 Å². The minimum absolute atomic E-state index is 0. The van der Waals surface area contributed by atoms with E-state index in [0.29, 0.717) is 10.0 Å². The van der Waals surface area contributed by atoms with Gasteiger partial charge in [0.2, 0.25) is 0 Å². The van der Waals surface area contributed by atoms with E-state index in [1.165, 1.54) is 19.2 Å². The molecule has 2 N–H and O–H groups in total. The normalized spacial score (nSPS) is 11.3. The number of methoxy groups -OCH3 is 1. The van der Waals surface area contributed by atoms with Crippen molar-refractivity contribution in [1.29, 1.82) is 0 Å². The topological polar surface area (TPSA) is 95.5 Å². The molecule has 0 spiro atoms. The molecule has 0 saturated carbocycles. The van der Waals surface area contributed by atoms with Gasteiger partial charge in [0.05, 0.1) is 22.9 Å². The molecule has 8 heteroatoms. The molecule has 1 atom stereocenters. The van der Waals surface area contributed by atoms with Crippen LogP contribution in [-0.4, -0.2) is 18.0 Å². The summed E-state index contributed by atoms with van der Waals surface area (Å²) in [5.41, 5.74) is 6.19. The van der Waals surface area contributed by atoms with Crippen LogP contribution in [0.3, 0.4) is 0 Å². The van der Waals surface area contributed by atoms with E-state index >= 15 is 0 Å². The summed E-state index contributed by atoms with van der Waals surface area (Å²) in [6.07, 6.45) is -0.0186. The Morgan fingerprint density at radius 3 is 2.72 bits per heavy atom. The third kappa shape index (κ3) is 4.25.